The molecule has 37 heavy (non-hydrogen) atoms. The number of aryl methyl sites for hydroxylation is 1. The molecule has 0 atom stereocenters. The molecule has 2 heterocycles. The Bertz CT molecular complexity index is 1540. The number of rotatable bonds is 4. The topological polar surface area (TPSA) is 119 Å². The van der Waals surface area contributed by atoms with Crippen LogP contribution in [-0.4, -0.2) is 39.0 Å². The van der Waals surface area contributed by atoms with E-state index in [2.05, 4.69) is 27.6 Å². The minimum absolute atomic E-state index is 0.0828. The lowest BCUT2D eigenvalue weighted by atomic mass is 9.59. The van der Waals surface area contributed by atoms with Crippen LogP contribution in [0.3, 0.4) is 0 Å². The highest BCUT2D eigenvalue weighted by Gasteiger charge is 2.59. The van der Waals surface area contributed by atoms with Gasteiger partial charge in [0.1, 0.15) is 5.56 Å². The summed E-state index contributed by atoms with van der Waals surface area (Å²) in [6.07, 6.45) is 0.656. The molecule has 0 radical (unpaired) electrons. The first-order valence-electron chi connectivity index (χ1n) is 11.4. The maximum atomic E-state index is 13.9. The van der Waals surface area contributed by atoms with Gasteiger partial charge in [0.2, 0.25) is 5.92 Å². The molecular weight excluding hydrogens is 484 g/mol. The second-order valence-corrected chi connectivity index (χ2v) is 9.33. The molecule has 2 N–H and O–H groups in total. The number of nitrogens with zero attached hydrogens (tertiary/aromatic N) is 3. The lowest BCUT2D eigenvalue weighted by molar-refractivity contribution is -0.389. The SMILES string of the molecule is CC#CC(=O)Nc1cc(-n2cc(-c3ccc4c(c3)C3(CNC4=O)CC(F)(F)C3)c([N+](=O)[O-])n2)ccc1C. The number of nitro groups is 1. The summed E-state index contributed by atoms with van der Waals surface area (Å²) < 4.78 is 29.1. The molecule has 0 unspecified atom stereocenters. The minimum atomic E-state index is -2.83. The third kappa shape index (κ3) is 4.20. The first-order chi connectivity index (χ1) is 17.5. The fraction of sp³-hybridized carbons (Fsp3) is 0.269. The van der Waals surface area contributed by atoms with E-state index < -0.39 is 40.8 Å². The van der Waals surface area contributed by atoms with Crippen molar-refractivity contribution in [3.8, 4) is 28.7 Å². The molecule has 0 bridgehead atoms. The Morgan fingerprint density at radius 1 is 1.22 bits per heavy atom. The number of benzene rings is 2. The van der Waals surface area contributed by atoms with Crippen LogP contribution in [-0.2, 0) is 10.2 Å². The highest BCUT2D eigenvalue weighted by atomic mass is 19.3. The normalized spacial score (nSPS) is 16.6. The van der Waals surface area contributed by atoms with Gasteiger partial charge in [-0.15, -0.1) is 4.68 Å². The van der Waals surface area contributed by atoms with E-state index in [0.717, 1.165) is 5.56 Å². The maximum Gasteiger partial charge on any atom is 0.398 e. The van der Waals surface area contributed by atoms with E-state index in [0.29, 0.717) is 22.5 Å². The Labute approximate surface area is 210 Å². The molecule has 2 aromatic carbocycles. The molecule has 11 heteroatoms. The predicted molar refractivity (Wildman–Crippen MR) is 131 cm³/mol. The molecule has 1 saturated carbocycles. The van der Waals surface area contributed by atoms with Crippen molar-refractivity contribution in [2.24, 2.45) is 0 Å². The zero-order valence-electron chi connectivity index (χ0n) is 19.9. The Morgan fingerprint density at radius 3 is 2.65 bits per heavy atom. The van der Waals surface area contributed by atoms with Crippen molar-refractivity contribution in [3.63, 3.8) is 0 Å². The number of halogens is 2. The molecule has 188 valence electrons. The monoisotopic (exact) mass is 505 g/mol. The maximum absolute atomic E-state index is 13.9. The molecule has 2 amide bonds. The first-order valence-corrected chi connectivity index (χ1v) is 11.4. The number of carbonyl (C=O) groups is 2. The summed E-state index contributed by atoms with van der Waals surface area (Å²) in [6, 6.07) is 9.68. The van der Waals surface area contributed by atoms with E-state index in [-0.39, 0.29) is 23.6 Å². The highest BCUT2D eigenvalue weighted by Crippen LogP contribution is 2.55. The van der Waals surface area contributed by atoms with Gasteiger partial charge >= 0.3 is 5.82 Å². The van der Waals surface area contributed by atoms with Gasteiger partial charge in [0, 0.05) is 36.1 Å². The molecular formula is C26H21F2N5O4. The molecule has 2 aliphatic rings. The third-order valence-corrected chi connectivity index (χ3v) is 6.77. The van der Waals surface area contributed by atoms with Crippen LogP contribution in [0.4, 0.5) is 20.3 Å². The number of amides is 2. The van der Waals surface area contributed by atoms with E-state index in [1.54, 1.807) is 44.2 Å². The minimum Gasteiger partial charge on any atom is -0.358 e. The van der Waals surface area contributed by atoms with Crippen molar-refractivity contribution in [3.05, 3.63) is 69.4 Å². The van der Waals surface area contributed by atoms with Crippen LogP contribution in [0.2, 0.25) is 0 Å². The number of nitrogens with one attached hydrogen (secondary N) is 2. The average molecular weight is 505 g/mol. The predicted octanol–water partition coefficient (Wildman–Crippen LogP) is 4.13. The Kier molecular flexibility index (Phi) is 5.55. The number of alkyl halides is 2. The zero-order chi connectivity index (χ0) is 26.5. The number of hydrogen-bond donors (Lipinski definition) is 2. The lowest BCUT2D eigenvalue weighted by Gasteiger charge is -2.50. The summed E-state index contributed by atoms with van der Waals surface area (Å²) >= 11 is 0. The van der Waals surface area contributed by atoms with Crippen LogP contribution in [0, 0.1) is 28.9 Å². The van der Waals surface area contributed by atoms with Crippen molar-refractivity contribution >= 4 is 23.3 Å². The summed E-state index contributed by atoms with van der Waals surface area (Å²) in [5.74, 6) is 0.786. The largest absolute Gasteiger partial charge is 0.398 e. The summed E-state index contributed by atoms with van der Waals surface area (Å²) in [5, 5.41) is 21.4. The molecule has 1 fully saturated rings. The van der Waals surface area contributed by atoms with Gasteiger partial charge in [-0.3, -0.25) is 9.59 Å². The van der Waals surface area contributed by atoms with Crippen molar-refractivity contribution in [1.82, 2.24) is 15.1 Å². The molecule has 1 spiro atoms. The van der Waals surface area contributed by atoms with Gasteiger partial charge in [0.05, 0.1) is 17.0 Å². The first kappa shape index (κ1) is 24.1. The Hall–Kier alpha value is -4.59. The van der Waals surface area contributed by atoms with E-state index >= 15 is 0 Å². The van der Waals surface area contributed by atoms with Gasteiger partial charge in [-0.25, -0.2) is 8.78 Å². The number of aromatic nitrogens is 2. The van der Waals surface area contributed by atoms with Crippen molar-refractivity contribution < 1.29 is 23.3 Å². The molecule has 0 saturated heterocycles. The lowest BCUT2D eigenvalue weighted by Crippen LogP contribution is -2.58. The molecule has 1 aliphatic heterocycles. The Balaban J connectivity index is 1.58. The van der Waals surface area contributed by atoms with Crippen LogP contribution >= 0.6 is 0 Å². The second-order valence-electron chi connectivity index (χ2n) is 9.33. The molecule has 3 aromatic rings. The molecule has 1 aromatic heterocycles. The summed E-state index contributed by atoms with van der Waals surface area (Å²) in [5.41, 5.74) is 2.06. The van der Waals surface area contributed by atoms with Gasteiger partial charge in [0.15, 0.2) is 0 Å². The molecule has 9 nitrogen and oxygen atoms in total. The van der Waals surface area contributed by atoms with Crippen LogP contribution < -0.4 is 10.6 Å². The van der Waals surface area contributed by atoms with Gasteiger partial charge in [-0.2, -0.15) is 0 Å². The number of anilines is 1. The van der Waals surface area contributed by atoms with Crippen molar-refractivity contribution in [1.29, 1.82) is 0 Å². The second kappa shape index (κ2) is 8.51. The fourth-order valence-electron chi connectivity index (χ4n) is 5.03. The van der Waals surface area contributed by atoms with Crippen LogP contribution in [0.5, 0.6) is 0 Å². The van der Waals surface area contributed by atoms with Crippen molar-refractivity contribution in [2.45, 2.75) is 38.0 Å². The fourth-order valence-corrected chi connectivity index (χ4v) is 5.03. The van der Waals surface area contributed by atoms with Gasteiger partial charge in [-0.1, -0.05) is 18.1 Å². The Morgan fingerprint density at radius 2 is 1.97 bits per heavy atom. The number of hydrogen-bond acceptors (Lipinski definition) is 5. The van der Waals surface area contributed by atoms with Crippen LogP contribution in [0.1, 0.15) is 41.3 Å². The van der Waals surface area contributed by atoms with E-state index in [1.807, 2.05) is 0 Å². The molecule has 1 aliphatic carbocycles. The van der Waals surface area contributed by atoms with Gasteiger partial charge in [0.25, 0.3) is 11.8 Å². The summed E-state index contributed by atoms with van der Waals surface area (Å²) in [4.78, 5) is 35.6. The number of fused-ring (bicyclic) bond motifs is 2. The summed E-state index contributed by atoms with van der Waals surface area (Å²) in [7, 11) is 0. The van der Waals surface area contributed by atoms with Crippen molar-refractivity contribution in [2.75, 3.05) is 11.9 Å². The molecule has 5 rings (SSSR count). The number of carbonyl (C=O) groups excluding carboxylic acids is 2. The van der Waals surface area contributed by atoms with Gasteiger partial charge in [-0.05, 0) is 65.6 Å². The standard InChI is InChI=1S/C26H21F2N5O4/c1-3-4-22(34)30-21-10-17(7-5-15(21)2)32-11-19(23(31-32)33(36)37)16-6-8-18-20(9-16)25(14-29-24(18)35)12-26(27,28)13-25/h5-11H,12-14H2,1-2H3,(H,29,35)(H,30,34). The average Bonchev–Trinajstić information content (AvgIpc) is 3.28. The third-order valence-electron chi connectivity index (χ3n) is 6.77. The van der Waals surface area contributed by atoms with E-state index in [9.17, 15) is 28.5 Å². The summed E-state index contributed by atoms with van der Waals surface area (Å²) in [6.45, 7) is 3.41. The quantitative estimate of drug-likeness (QED) is 0.314. The van der Waals surface area contributed by atoms with E-state index in [1.165, 1.54) is 16.9 Å². The zero-order valence-corrected chi connectivity index (χ0v) is 19.9. The van der Waals surface area contributed by atoms with Gasteiger partial charge < -0.3 is 20.7 Å². The smallest absolute Gasteiger partial charge is 0.358 e. The van der Waals surface area contributed by atoms with E-state index in [4.69, 9.17) is 0 Å². The van der Waals surface area contributed by atoms with Crippen LogP contribution in [0.25, 0.3) is 16.8 Å². The highest BCUT2D eigenvalue weighted by molar-refractivity contribution is 6.04. The van der Waals surface area contributed by atoms with Crippen LogP contribution in [0.15, 0.2) is 42.6 Å².